The number of esters is 1. The first kappa shape index (κ1) is 15.7. The minimum atomic E-state index is -2.58. The minimum absolute atomic E-state index is 0.148. The maximum atomic E-state index is 13.4. The zero-order valence-electron chi connectivity index (χ0n) is 13.2. The summed E-state index contributed by atoms with van der Waals surface area (Å²) < 4.78 is 22.8. The van der Waals surface area contributed by atoms with Crippen LogP contribution in [0.5, 0.6) is 0 Å². The molecule has 1 aliphatic heterocycles. The topological polar surface area (TPSA) is 55.7 Å². The third-order valence-corrected chi connectivity index (χ3v) is 6.43. The molecule has 1 heterocycles. The molecular weight excluding hydrogens is 310 g/mol. The molecule has 0 N–H and O–H groups in total. The van der Waals surface area contributed by atoms with E-state index in [0.717, 1.165) is 11.1 Å². The van der Waals surface area contributed by atoms with E-state index in [1.54, 1.807) is 0 Å². The zero-order chi connectivity index (χ0) is 16.4. The highest BCUT2D eigenvalue weighted by Crippen LogP contribution is 2.39. The Kier molecular flexibility index (Phi) is 4.22. The predicted octanol–water partition coefficient (Wildman–Crippen LogP) is 3.81. The van der Waals surface area contributed by atoms with E-state index in [9.17, 15) is 9.00 Å². The number of rotatable bonds is 3. The largest absolute Gasteiger partial charge is 0.469 e. The Balaban J connectivity index is 2.09. The summed E-state index contributed by atoms with van der Waals surface area (Å²) in [6, 6.07) is 15.2. The lowest BCUT2D eigenvalue weighted by molar-refractivity contribution is -0.140. The van der Waals surface area contributed by atoms with Gasteiger partial charge in [-0.25, -0.2) is 4.21 Å². The molecule has 120 valence electrons. The summed E-state index contributed by atoms with van der Waals surface area (Å²) in [7, 11) is -1.21. The first-order valence-corrected chi connectivity index (χ1v) is 9.17. The summed E-state index contributed by atoms with van der Waals surface area (Å²) in [6.45, 7) is 1.99. The van der Waals surface area contributed by atoms with E-state index in [1.807, 2.05) is 55.5 Å². The maximum absolute atomic E-state index is 13.4. The van der Waals surface area contributed by atoms with Crippen LogP contribution in [0.3, 0.4) is 0 Å². The lowest BCUT2D eigenvalue weighted by Gasteiger charge is -2.25. The number of fused-ring (bicyclic) bond motifs is 1. The Hall–Kier alpha value is -2.14. The summed E-state index contributed by atoms with van der Waals surface area (Å²) in [6.07, 6.45) is 0.214. The molecule has 0 saturated heterocycles. The van der Waals surface area contributed by atoms with Crippen molar-refractivity contribution in [3.8, 4) is 0 Å². The third kappa shape index (κ3) is 3.15. The Morgan fingerprint density at radius 2 is 1.91 bits per heavy atom. The smallest absolute Gasteiger partial charge is 0.306 e. The lowest BCUT2D eigenvalue weighted by Crippen LogP contribution is -2.21. The van der Waals surface area contributed by atoms with Crippen LogP contribution in [0.25, 0.3) is 0 Å². The average molecular weight is 329 g/mol. The summed E-state index contributed by atoms with van der Waals surface area (Å²) in [5, 5.41) is 0. The van der Waals surface area contributed by atoms with E-state index < -0.39 is 9.73 Å². The molecule has 23 heavy (non-hydrogen) atoms. The molecule has 0 aromatic heterocycles. The second kappa shape index (κ2) is 6.16. The van der Waals surface area contributed by atoms with Crippen molar-refractivity contribution in [1.82, 2.24) is 0 Å². The maximum Gasteiger partial charge on any atom is 0.306 e. The quantitative estimate of drug-likeness (QED) is 0.805. The monoisotopic (exact) mass is 329 g/mol. The molecule has 2 atom stereocenters. The van der Waals surface area contributed by atoms with Crippen LogP contribution in [0, 0.1) is 6.92 Å². The number of nitrogens with zero attached hydrogens (tertiary/aromatic N) is 1. The SMILES string of the molecule is COC(=O)CC1CS(=O)(c2ccc(C)cc2)=Nc2ccccc21. The van der Waals surface area contributed by atoms with Crippen LogP contribution in [0.4, 0.5) is 5.69 Å². The number of ether oxygens (including phenoxy) is 1. The van der Waals surface area contributed by atoms with Gasteiger partial charge in [-0.15, -0.1) is 0 Å². The van der Waals surface area contributed by atoms with Gasteiger partial charge in [-0.2, -0.15) is 4.36 Å². The van der Waals surface area contributed by atoms with Gasteiger partial charge in [-0.1, -0.05) is 35.9 Å². The summed E-state index contributed by atoms with van der Waals surface area (Å²) in [5.41, 5.74) is 2.78. The lowest BCUT2D eigenvalue weighted by atomic mass is 9.96. The van der Waals surface area contributed by atoms with Crippen molar-refractivity contribution in [2.24, 2.45) is 4.36 Å². The molecule has 2 aromatic carbocycles. The molecular formula is C18H19NO3S. The Morgan fingerprint density at radius 3 is 2.61 bits per heavy atom. The highest BCUT2D eigenvalue weighted by Gasteiger charge is 2.29. The van der Waals surface area contributed by atoms with Gasteiger partial charge in [0, 0.05) is 16.6 Å². The number of aryl methyl sites for hydroxylation is 1. The predicted molar refractivity (Wildman–Crippen MR) is 90.4 cm³/mol. The van der Waals surface area contributed by atoms with E-state index in [2.05, 4.69) is 4.36 Å². The minimum Gasteiger partial charge on any atom is -0.469 e. The fourth-order valence-electron chi connectivity index (χ4n) is 2.83. The number of hydrogen-bond donors (Lipinski definition) is 0. The van der Waals surface area contributed by atoms with Crippen LogP contribution in [-0.4, -0.2) is 23.0 Å². The van der Waals surface area contributed by atoms with Gasteiger partial charge in [0.2, 0.25) is 0 Å². The average Bonchev–Trinajstić information content (AvgIpc) is 2.55. The molecule has 0 fully saturated rings. The molecule has 2 aromatic rings. The van der Waals surface area contributed by atoms with Crippen LogP contribution in [0.1, 0.15) is 23.5 Å². The fourth-order valence-corrected chi connectivity index (χ4v) is 5.09. The first-order chi connectivity index (χ1) is 11.0. The van der Waals surface area contributed by atoms with Crippen LogP contribution in [0.2, 0.25) is 0 Å². The van der Waals surface area contributed by atoms with E-state index in [-0.39, 0.29) is 18.3 Å². The van der Waals surface area contributed by atoms with Gasteiger partial charge < -0.3 is 4.74 Å². The number of hydrogen-bond acceptors (Lipinski definition) is 4. The van der Waals surface area contributed by atoms with Crippen molar-refractivity contribution in [3.05, 3.63) is 59.7 Å². The van der Waals surface area contributed by atoms with Crippen molar-refractivity contribution in [2.45, 2.75) is 24.2 Å². The van der Waals surface area contributed by atoms with Gasteiger partial charge in [0.05, 0.1) is 28.9 Å². The number of carbonyl (C=O) groups is 1. The highest BCUT2D eigenvalue weighted by atomic mass is 32.2. The van der Waals surface area contributed by atoms with E-state index in [4.69, 9.17) is 4.74 Å². The second-order valence-corrected chi connectivity index (χ2v) is 8.02. The first-order valence-electron chi connectivity index (χ1n) is 7.49. The van der Waals surface area contributed by atoms with Crippen molar-refractivity contribution < 1.29 is 13.7 Å². The Labute approximate surface area is 136 Å². The van der Waals surface area contributed by atoms with Gasteiger partial charge in [0.1, 0.15) is 0 Å². The summed E-state index contributed by atoms with van der Waals surface area (Å²) >= 11 is 0. The molecule has 0 aliphatic carbocycles. The molecule has 0 amide bonds. The molecule has 0 bridgehead atoms. The fraction of sp³-hybridized carbons (Fsp3) is 0.278. The zero-order valence-corrected chi connectivity index (χ0v) is 14.0. The van der Waals surface area contributed by atoms with Crippen molar-refractivity contribution in [3.63, 3.8) is 0 Å². The summed E-state index contributed by atoms with van der Waals surface area (Å²) in [5.74, 6) is -0.107. The van der Waals surface area contributed by atoms with Crippen LogP contribution < -0.4 is 0 Å². The number of benzene rings is 2. The molecule has 4 nitrogen and oxygen atoms in total. The van der Waals surface area contributed by atoms with E-state index >= 15 is 0 Å². The van der Waals surface area contributed by atoms with E-state index in [1.165, 1.54) is 7.11 Å². The van der Waals surface area contributed by atoms with Crippen LogP contribution in [0.15, 0.2) is 57.8 Å². The molecule has 3 rings (SSSR count). The molecule has 0 spiro atoms. The standard InChI is InChI=1S/C18H19NO3S/c1-13-7-9-15(10-8-13)23(21)12-14(11-18(20)22-2)16-5-3-4-6-17(16)19-23/h3-10,14H,11-12H2,1-2H3. The Bertz CT molecular complexity index is 849. The number of methoxy groups -OCH3 is 1. The van der Waals surface area contributed by atoms with Gasteiger partial charge in [-0.3, -0.25) is 4.79 Å². The van der Waals surface area contributed by atoms with Gasteiger partial charge in [0.25, 0.3) is 0 Å². The van der Waals surface area contributed by atoms with Gasteiger partial charge in [-0.05, 0) is 30.7 Å². The summed E-state index contributed by atoms with van der Waals surface area (Å²) in [4.78, 5) is 12.5. The van der Waals surface area contributed by atoms with Crippen molar-refractivity contribution in [2.75, 3.05) is 12.9 Å². The van der Waals surface area contributed by atoms with Crippen molar-refractivity contribution >= 4 is 21.4 Å². The van der Waals surface area contributed by atoms with Crippen LogP contribution >= 0.6 is 0 Å². The molecule has 2 unspecified atom stereocenters. The van der Waals surface area contributed by atoms with Crippen molar-refractivity contribution in [1.29, 1.82) is 0 Å². The normalized spacial score (nSPS) is 22.8. The Morgan fingerprint density at radius 1 is 1.22 bits per heavy atom. The van der Waals surface area contributed by atoms with Gasteiger partial charge >= 0.3 is 5.97 Å². The van der Waals surface area contributed by atoms with E-state index in [0.29, 0.717) is 16.3 Å². The highest BCUT2D eigenvalue weighted by molar-refractivity contribution is 7.93. The van der Waals surface area contributed by atoms with Gasteiger partial charge in [0.15, 0.2) is 0 Å². The number of carbonyl (C=O) groups excluding carboxylic acids is 1. The third-order valence-electron chi connectivity index (χ3n) is 4.08. The molecule has 0 saturated carbocycles. The van der Waals surface area contributed by atoms with Crippen LogP contribution in [-0.2, 0) is 19.3 Å². The second-order valence-electron chi connectivity index (χ2n) is 5.75. The molecule has 0 radical (unpaired) electrons. The molecule has 5 heteroatoms. The molecule has 1 aliphatic rings.